The number of carbonyl (C=O) groups excluding carboxylic acids is 5. The van der Waals surface area contributed by atoms with Gasteiger partial charge in [0.2, 0.25) is 6.10 Å². The lowest BCUT2D eigenvalue weighted by Crippen LogP contribution is -2.70. The molecule has 2 heterocycles. The lowest BCUT2D eigenvalue weighted by atomic mass is 9.40. The van der Waals surface area contributed by atoms with Gasteiger partial charge in [-0.2, -0.15) is 0 Å². The Morgan fingerprint density at radius 2 is 1.82 bits per heavy atom. The summed E-state index contributed by atoms with van der Waals surface area (Å²) < 4.78 is 28.2. The number of cyclic esters (lactones) is 1. The average Bonchev–Trinajstić information content (AvgIpc) is 3.50. The molecule has 0 radical (unpaired) electrons. The van der Waals surface area contributed by atoms with E-state index in [4.69, 9.17) is 23.4 Å². The van der Waals surface area contributed by atoms with Gasteiger partial charge in [-0.3, -0.25) is 14.4 Å². The van der Waals surface area contributed by atoms with E-state index < -0.39 is 64.3 Å². The van der Waals surface area contributed by atoms with E-state index in [1.54, 1.807) is 38.5 Å². The molecule has 2 bridgehead atoms. The van der Waals surface area contributed by atoms with Crippen molar-refractivity contribution in [1.29, 1.82) is 0 Å². The Hall–Kier alpha value is -3.69. The topological polar surface area (TPSA) is 135 Å². The molecule has 10 nitrogen and oxygen atoms in total. The SMILES string of the molecule is C/C=C(/C)C(=O)O[C@@H]1[C@@H]2CC3=C4CC(=O)O[C@@H](c5ccoc5)[C@]4(C)CC[C@@H]3[C@@](C)(C2=O)[C@@H]([C@@H](OC(C)=O)C(=O)OC)C1(C)C. The number of hydrogen-bond acceptors (Lipinski definition) is 10. The van der Waals surface area contributed by atoms with E-state index in [1.165, 1.54) is 14.0 Å². The van der Waals surface area contributed by atoms with Crippen molar-refractivity contribution in [2.45, 2.75) is 92.5 Å². The van der Waals surface area contributed by atoms with E-state index in [1.807, 2.05) is 20.8 Å². The highest BCUT2D eigenvalue weighted by atomic mass is 16.6. The van der Waals surface area contributed by atoms with E-state index >= 15 is 0 Å². The average molecular weight is 611 g/mol. The molecule has 2 saturated carbocycles. The molecule has 10 heteroatoms. The number of ether oxygens (including phenoxy) is 4. The first kappa shape index (κ1) is 31.7. The first-order valence-electron chi connectivity index (χ1n) is 15.2. The van der Waals surface area contributed by atoms with Crippen molar-refractivity contribution in [3.05, 3.63) is 47.0 Å². The van der Waals surface area contributed by atoms with Crippen LogP contribution in [-0.2, 0) is 42.9 Å². The van der Waals surface area contributed by atoms with E-state index in [2.05, 4.69) is 6.92 Å². The number of esters is 4. The molecule has 238 valence electrons. The van der Waals surface area contributed by atoms with E-state index in [0.29, 0.717) is 24.8 Å². The van der Waals surface area contributed by atoms with Gasteiger partial charge in [0, 0.05) is 40.2 Å². The molecule has 4 aliphatic rings. The number of methoxy groups -OCH3 is 1. The molecule has 0 unspecified atom stereocenters. The number of ketones is 1. The van der Waals surface area contributed by atoms with Crippen molar-refractivity contribution < 1.29 is 47.3 Å². The second kappa shape index (κ2) is 11.0. The Bertz CT molecular complexity index is 1450. The minimum atomic E-state index is -1.43. The summed E-state index contributed by atoms with van der Waals surface area (Å²) in [5.74, 6) is -4.60. The first-order chi connectivity index (χ1) is 20.6. The Labute approximate surface area is 257 Å². The van der Waals surface area contributed by atoms with Crippen LogP contribution in [0.15, 0.2) is 45.8 Å². The summed E-state index contributed by atoms with van der Waals surface area (Å²) in [5.41, 5.74) is 0.209. The minimum absolute atomic E-state index is 0.0637. The molecular weight excluding hydrogens is 568 g/mol. The second-order valence-corrected chi connectivity index (χ2v) is 13.7. The van der Waals surface area contributed by atoms with Gasteiger partial charge in [-0.1, -0.05) is 39.3 Å². The number of carbonyl (C=O) groups is 5. The van der Waals surface area contributed by atoms with Crippen LogP contribution >= 0.6 is 0 Å². The third kappa shape index (κ3) is 4.63. The lowest BCUT2D eigenvalue weighted by Gasteiger charge is -2.64. The predicted molar refractivity (Wildman–Crippen MR) is 155 cm³/mol. The van der Waals surface area contributed by atoms with Crippen LogP contribution < -0.4 is 0 Å². The van der Waals surface area contributed by atoms with E-state index in [-0.39, 0.29) is 24.1 Å². The number of allylic oxidation sites excluding steroid dienone is 2. The maximum absolute atomic E-state index is 14.7. The molecular formula is C34H42O10. The summed E-state index contributed by atoms with van der Waals surface area (Å²) in [7, 11) is 1.21. The molecule has 0 aromatic carbocycles. The van der Waals surface area contributed by atoms with Crippen LogP contribution in [0.3, 0.4) is 0 Å². The second-order valence-electron chi connectivity index (χ2n) is 13.7. The fourth-order valence-electron chi connectivity index (χ4n) is 8.98. The quantitative estimate of drug-likeness (QED) is 0.183. The molecule has 1 saturated heterocycles. The van der Waals surface area contributed by atoms with Gasteiger partial charge in [-0.15, -0.1) is 0 Å². The minimum Gasteiger partial charge on any atom is -0.472 e. The Morgan fingerprint density at radius 3 is 2.41 bits per heavy atom. The Morgan fingerprint density at radius 1 is 1.11 bits per heavy atom. The van der Waals surface area contributed by atoms with Crippen LogP contribution in [0.1, 0.15) is 85.8 Å². The van der Waals surface area contributed by atoms with Crippen LogP contribution in [0.4, 0.5) is 0 Å². The largest absolute Gasteiger partial charge is 0.472 e. The number of hydrogen-bond donors (Lipinski definition) is 0. The molecule has 3 fully saturated rings. The number of rotatable bonds is 6. The zero-order valence-electron chi connectivity index (χ0n) is 26.7. The first-order valence-corrected chi connectivity index (χ1v) is 15.2. The Balaban J connectivity index is 1.74. The molecule has 1 aromatic heterocycles. The van der Waals surface area contributed by atoms with Gasteiger partial charge in [0.1, 0.15) is 18.0 Å². The van der Waals surface area contributed by atoms with Gasteiger partial charge in [0.25, 0.3) is 0 Å². The Kier molecular flexibility index (Phi) is 7.96. The summed E-state index contributed by atoms with van der Waals surface area (Å²) in [5, 5.41) is 0. The predicted octanol–water partition coefficient (Wildman–Crippen LogP) is 5.21. The normalized spacial score (nSPS) is 35.1. The van der Waals surface area contributed by atoms with Crippen LogP contribution in [-0.4, -0.2) is 49.0 Å². The van der Waals surface area contributed by atoms with Gasteiger partial charge in [-0.25, -0.2) is 9.59 Å². The van der Waals surface area contributed by atoms with Crippen LogP contribution in [0.5, 0.6) is 0 Å². The van der Waals surface area contributed by atoms with Crippen molar-refractivity contribution in [1.82, 2.24) is 0 Å². The highest BCUT2D eigenvalue weighted by Gasteiger charge is 2.71. The van der Waals surface area contributed by atoms with Crippen molar-refractivity contribution in [3.63, 3.8) is 0 Å². The summed E-state index contributed by atoms with van der Waals surface area (Å²) >= 11 is 0. The zero-order chi connectivity index (χ0) is 32.4. The van der Waals surface area contributed by atoms with Crippen molar-refractivity contribution in [3.8, 4) is 0 Å². The van der Waals surface area contributed by atoms with Gasteiger partial charge in [0.05, 0.1) is 32.0 Å². The summed E-state index contributed by atoms with van der Waals surface area (Å²) in [4.78, 5) is 66.9. The van der Waals surface area contributed by atoms with Gasteiger partial charge < -0.3 is 23.4 Å². The van der Waals surface area contributed by atoms with Crippen LogP contribution in [0.25, 0.3) is 0 Å². The summed E-state index contributed by atoms with van der Waals surface area (Å²) in [6.07, 6.45) is 3.34. The molecule has 1 aromatic rings. The zero-order valence-corrected chi connectivity index (χ0v) is 26.7. The van der Waals surface area contributed by atoms with Gasteiger partial charge in [-0.05, 0) is 50.7 Å². The maximum atomic E-state index is 14.7. The summed E-state index contributed by atoms with van der Waals surface area (Å²) in [6, 6.07) is 1.79. The molecule has 0 N–H and O–H groups in total. The molecule has 3 aliphatic carbocycles. The number of Topliss-reactive ketones (excluding diaryl/α,β-unsaturated/α-hetero) is 1. The maximum Gasteiger partial charge on any atom is 0.347 e. The lowest BCUT2D eigenvalue weighted by molar-refractivity contribution is -0.217. The monoisotopic (exact) mass is 610 g/mol. The van der Waals surface area contributed by atoms with Gasteiger partial charge >= 0.3 is 23.9 Å². The highest BCUT2D eigenvalue weighted by Crippen LogP contribution is 2.68. The molecule has 0 spiro atoms. The highest BCUT2D eigenvalue weighted by molar-refractivity contribution is 5.94. The molecule has 5 rings (SSSR count). The number of furan rings is 1. The fraction of sp³-hybridized carbons (Fsp3) is 0.618. The summed E-state index contributed by atoms with van der Waals surface area (Å²) in [6.45, 7) is 12.2. The van der Waals surface area contributed by atoms with Crippen LogP contribution in [0, 0.1) is 34.0 Å². The van der Waals surface area contributed by atoms with Crippen LogP contribution in [0.2, 0.25) is 0 Å². The third-order valence-corrected chi connectivity index (χ3v) is 11.0. The standard InChI is InChI=1S/C34H42O10/c1-9-17(2)30(38)44-29-21-14-20-22(10-12-33(6)23(20)15-24(36)43-28(33)19-11-13-41-16-19)34(7,27(21)37)26(32(29,4)5)25(31(39)40-8)42-18(3)35/h9,11,13,16,21-22,25-26,28-29H,10,12,14-15H2,1-8H3/b17-9-/t21-,22+,25-,26+,28+,29-,33-,34-/m1/s1. The van der Waals surface area contributed by atoms with E-state index in [9.17, 15) is 24.0 Å². The van der Waals surface area contributed by atoms with Crippen molar-refractivity contribution >= 4 is 29.7 Å². The van der Waals surface area contributed by atoms with Crippen molar-refractivity contribution in [2.24, 2.45) is 34.0 Å². The molecule has 8 atom stereocenters. The van der Waals surface area contributed by atoms with E-state index in [0.717, 1.165) is 16.7 Å². The molecule has 1 aliphatic heterocycles. The van der Waals surface area contributed by atoms with Gasteiger partial charge in [0.15, 0.2) is 0 Å². The smallest absolute Gasteiger partial charge is 0.347 e. The molecule has 0 amide bonds. The van der Waals surface area contributed by atoms with Crippen molar-refractivity contribution in [2.75, 3.05) is 7.11 Å². The molecule has 44 heavy (non-hydrogen) atoms. The fourth-order valence-corrected chi connectivity index (χ4v) is 8.98. The number of fused-ring (bicyclic) bond motifs is 5. The third-order valence-electron chi connectivity index (χ3n) is 11.0.